The average molecular weight is 231 g/mol. The summed E-state index contributed by atoms with van der Waals surface area (Å²) in [4.78, 5) is 0. The van der Waals surface area contributed by atoms with E-state index in [1.165, 1.54) is 0 Å². The fraction of sp³-hybridized carbons (Fsp3) is 0.286. The Morgan fingerprint density at radius 1 is 1.29 bits per heavy atom. The maximum absolute atomic E-state index is 13.8. The van der Waals surface area contributed by atoms with Crippen molar-refractivity contribution in [3.05, 3.63) is 46.9 Å². The number of halogens is 1. The molecule has 0 fully saturated rings. The predicted molar refractivity (Wildman–Crippen MR) is 64.2 cm³/mol. The molecule has 2 heterocycles. The van der Waals surface area contributed by atoms with Crippen LogP contribution in [0.1, 0.15) is 16.8 Å². The SMILES string of the molecule is Cc1ccc(F)c2c1-c1ccc(CO)n1CC2. The summed E-state index contributed by atoms with van der Waals surface area (Å²) in [5.41, 5.74) is 4.81. The summed E-state index contributed by atoms with van der Waals surface area (Å²) in [5.74, 6) is -0.122. The van der Waals surface area contributed by atoms with Gasteiger partial charge >= 0.3 is 0 Å². The second-order valence-corrected chi connectivity index (χ2v) is 4.49. The third-order valence-electron chi connectivity index (χ3n) is 3.54. The predicted octanol–water partition coefficient (Wildman–Crippen LogP) is 2.65. The molecule has 1 aromatic heterocycles. The summed E-state index contributed by atoms with van der Waals surface area (Å²) in [6.07, 6.45) is 0.692. The van der Waals surface area contributed by atoms with Crippen LogP contribution in [-0.4, -0.2) is 9.67 Å². The molecule has 0 saturated carbocycles. The zero-order chi connectivity index (χ0) is 12.0. The van der Waals surface area contributed by atoms with Crippen LogP contribution in [0, 0.1) is 12.7 Å². The third-order valence-corrected chi connectivity index (χ3v) is 3.54. The quantitative estimate of drug-likeness (QED) is 0.802. The van der Waals surface area contributed by atoms with Crippen molar-refractivity contribution in [3.8, 4) is 11.3 Å². The Kier molecular flexibility index (Phi) is 2.30. The lowest BCUT2D eigenvalue weighted by molar-refractivity contribution is 0.270. The molecule has 17 heavy (non-hydrogen) atoms. The number of aliphatic hydroxyl groups excluding tert-OH is 1. The van der Waals surface area contributed by atoms with Gasteiger partial charge in [-0.1, -0.05) is 6.07 Å². The van der Waals surface area contributed by atoms with Gasteiger partial charge in [0, 0.05) is 23.5 Å². The van der Waals surface area contributed by atoms with Crippen LogP contribution in [0.25, 0.3) is 11.3 Å². The Labute approximate surface area is 99.3 Å². The van der Waals surface area contributed by atoms with Crippen LogP contribution in [0.5, 0.6) is 0 Å². The van der Waals surface area contributed by atoms with Gasteiger partial charge in [0.2, 0.25) is 0 Å². The topological polar surface area (TPSA) is 25.2 Å². The summed E-state index contributed by atoms with van der Waals surface area (Å²) in [6.45, 7) is 2.77. The highest BCUT2D eigenvalue weighted by atomic mass is 19.1. The van der Waals surface area contributed by atoms with Gasteiger partial charge in [0.05, 0.1) is 6.61 Å². The molecule has 0 amide bonds. The standard InChI is InChI=1S/C14H14FNO/c1-9-2-4-12(15)11-6-7-16-10(8-17)3-5-13(16)14(9)11/h2-5,17H,6-8H2,1H3. The minimum Gasteiger partial charge on any atom is -0.390 e. The Balaban J connectivity index is 2.29. The minimum atomic E-state index is -0.122. The lowest BCUT2D eigenvalue weighted by Crippen LogP contribution is -2.15. The summed E-state index contributed by atoms with van der Waals surface area (Å²) >= 11 is 0. The van der Waals surface area contributed by atoms with Crippen molar-refractivity contribution in [2.45, 2.75) is 26.5 Å². The second kappa shape index (κ2) is 3.70. The van der Waals surface area contributed by atoms with Crippen molar-refractivity contribution in [2.24, 2.45) is 0 Å². The van der Waals surface area contributed by atoms with E-state index in [1.54, 1.807) is 6.07 Å². The molecule has 1 aliphatic rings. The Hall–Kier alpha value is -1.61. The van der Waals surface area contributed by atoms with E-state index in [-0.39, 0.29) is 12.4 Å². The molecule has 0 atom stereocenters. The zero-order valence-corrected chi connectivity index (χ0v) is 9.70. The van der Waals surface area contributed by atoms with Gasteiger partial charge in [0.1, 0.15) is 5.82 Å². The molecule has 1 aromatic carbocycles. The fourth-order valence-electron chi connectivity index (χ4n) is 2.69. The first-order chi connectivity index (χ1) is 8.22. The van der Waals surface area contributed by atoms with Crippen LogP contribution in [0.2, 0.25) is 0 Å². The summed E-state index contributed by atoms with van der Waals surface area (Å²) in [7, 11) is 0. The van der Waals surface area contributed by atoms with Gasteiger partial charge in [-0.05, 0) is 42.7 Å². The van der Waals surface area contributed by atoms with Gasteiger partial charge in [0.25, 0.3) is 0 Å². The van der Waals surface area contributed by atoms with Crippen molar-refractivity contribution in [1.82, 2.24) is 4.57 Å². The first-order valence-corrected chi connectivity index (χ1v) is 5.80. The molecule has 1 N–H and O–H groups in total. The molecule has 0 radical (unpaired) electrons. The van der Waals surface area contributed by atoms with E-state index in [1.807, 2.05) is 25.1 Å². The molecule has 1 aliphatic heterocycles. The Morgan fingerprint density at radius 2 is 2.12 bits per heavy atom. The summed E-state index contributed by atoms with van der Waals surface area (Å²) < 4.78 is 15.9. The van der Waals surface area contributed by atoms with Crippen LogP contribution >= 0.6 is 0 Å². The van der Waals surface area contributed by atoms with Gasteiger partial charge < -0.3 is 9.67 Å². The minimum absolute atomic E-state index is 0.0314. The first-order valence-electron chi connectivity index (χ1n) is 5.80. The Morgan fingerprint density at radius 3 is 2.88 bits per heavy atom. The van der Waals surface area contributed by atoms with Crippen LogP contribution in [0.3, 0.4) is 0 Å². The van der Waals surface area contributed by atoms with Crippen LogP contribution < -0.4 is 0 Å². The highest BCUT2D eigenvalue weighted by Gasteiger charge is 2.22. The van der Waals surface area contributed by atoms with Gasteiger partial charge in [0.15, 0.2) is 0 Å². The van der Waals surface area contributed by atoms with E-state index in [0.29, 0.717) is 6.42 Å². The van der Waals surface area contributed by atoms with Crippen molar-refractivity contribution >= 4 is 0 Å². The van der Waals surface area contributed by atoms with Crippen LogP contribution in [0.15, 0.2) is 24.3 Å². The molecular weight excluding hydrogens is 217 g/mol. The number of hydrogen-bond acceptors (Lipinski definition) is 1. The van der Waals surface area contributed by atoms with Crippen molar-refractivity contribution in [1.29, 1.82) is 0 Å². The smallest absolute Gasteiger partial charge is 0.127 e. The van der Waals surface area contributed by atoms with E-state index in [2.05, 4.69) is 4.57 Å². The second-order valence-electron chi connectivity index (χ2n) is 4.49. The molecule has 3 rings (SSSR count). The average Bonchev–Trinajstić information content (AvgIpc) is 2.76. The van der Waals surface area contributed by atoms with Gasteiger partial charge in [-0.25, -0.2) is 4.39 Å². The molecule has 0 bridgehead atoms. The molecular formula is C14H14FNO. The summed E-state index contributed by atoms with van der Waals surface area (Å²) in [6, 6.07) is 7.24. The number of fused-ring (bicyclic) bond motifs is 3. The number of aromatic nitrogens is 1. The maximum atomic E-state index is 13.8. The number of nitrogens with zero attached hydrogens (tertiary/aromatic N) is 1. The van der Waals surface area contributed by atoms with E-state index in [4.69, 9.17) is 0 Å². The molecule has 0 unspecified atom stereocenters. The van der Waals surface area contributed by atoms with Gasteiger partial charge in [-0.3, -0.25) is 0 Å². The zero-order valence-electron chi connectivity index (χ0n) is 9.70. The monoisotopic (exact) mass is 231 g/mol. The van der Waals surface area contributed by atoms with Crippen molar-refractivity contribution in [2.75, 3.05) is 0 Å². The third kappa shape index (κ3) is 1.42. The van der Waals surface area contributed by atoms with Crippen molar-refractivity contribution in [3.63, 3.8) is 0 Å². The van der Waals surface area contributed by atoms with E-state index in [0.717, 1.165) is 34.6 Å². The fourth-order valence-corrected chi connectivity index (χ4v) is 2.69. The van der Waals surface area contributed by atoms with E-state index >= 15 is 0 Å². The van der Waals surface area contributed by atoms with Crippen LogP contribution in [-0.2, 0) is 19.6 Å². The number of rotatable bonds is 1. The first kappa shape index (κ1) is 10.5. The van der Waals surface area contributed by atoms with E-state index in [9.17, 15) is 9.50 Å². The lowest BCUT2D eigenvalue weighted by Gasteiger charge is -2.23. The number of aliphatic hydroxyl groups is 1. The molecule has 88 valence electrons. The molecule has 0 spiro atoms. The summed E-state index contributed by atoms with van der Waals surface area (Å²) in [5, 5.41) is 9.26. The molecule has 2 nitrogen and oxygen atoms in total. The molecule has 0 saturated heterocycles. The number of aryl methyl sites for hydroxylation is 1. The normalized spacial score (nSPS) is 13.4. The molecule has 0 aliphatic carbocycles. The van der Waals surface area contributed by atoms with Gasteiger partial charge in [-0.15, -0.1) is 0 Å². The molecule has 3 heteroatoms. The number of benzene rings is 1. The highest BCUT2D eigenvalue weighted by molar-refractivity contribution is 5.70. The van der Waals surface area contributed by atoms with Crippen molar-refractivity contribution < 1.29 is 9.50 Å². The van der Waals surface area contributed by atoms with E-state index < -0.39 is 0 Å². The van der Waals surface area contributed by atoms with Gasteiger partial charge in [-0.2, -0.15) is 0 Å². The largest absolute Gasteiger partial charge is 0.390 e. The lowest BCUT2D eigenvalue weighted by atomic mass is 9.94. The Bertz CT molecular complexity index is 586. The number of hydrogen-bond donors (Lipinski definition) is 1. The molecule has 2 aromatic rings. The highest BCUT2D eigenvalue weighted by Crippen LogP contribution is 2.35. The van der Waals surface area contributed by atoms with Crippen LogP contribution in [0.4, 0.5) is 4.39 Å². The maximum Gasteiger partial charge on any atom is 0.127 e.